The number of benzene rings is 1. The molecule has 1 atom stereocenters. The molecule has 0 aromatic heterocycles. The summed E-state index contributed by atoms with van der Waals surface area (Å²) in [5.41, 5.74) is 6.68. The molecule has 0 saturated carbocycles. The minimum atomic E-state index is -0.626. The van der Waals surface area contributed by atoms with Gasteiger partial charge >= 0.3 is 0 Å². The number of anilines is 1. The quantitative estimate of drug-likeness (QED) is 0.749. The van der Waals surface area contributed by atoms with Crippen molar-refractivity contribution in [3.63, 3.8) is 0 Å². The van der Waals surface area contributed by atoms with Crippen LogP contribution in [0.25, 0.3) is 0 Å². The van der Waals surface area contributed by atoms with Crippen molar-refractivity contribution in [2.45, 2.75) is 38.3 Å². The summed E-state index contributed by atoms with van der Waals surface area (Å²) < 4.78 is 0. The summed E-state index contributed by atoms with van der Waals surface area (Å²) >= 11 is 0. The highest BCUT2D eigenvalue weighted by Crippen LogP contribution is 2.25. The molecule has 5 heteroatoms. The number of amides is 2. The van der Waals surface area contributed by atoms with Gasteiger partial charge in [-0.2, -0.15) is 0 Å². The summed E-state index contributed by atoms with van der Waals surface area (Å²) in [6.45, 7) is 3.58. The van der Waals surface area contributed by atoms with Crippen LogP contribution in [0.1, 0.15) is 25.8 Å². The van der Waals surface area contributed by atoms with Gasteiger partial charge in [-0.1, -0.05) is 18.2 Å². The first-order valence-electron chi connectivity index (χ1n) is 6.32. The fraction of sp³-hybridized carbons (Fsp3) is 0.429. The molecule has 0 aliphatic carbocycles. The van der Waals surface area contributed by atoms with Gasteiger partial charge in [0.15, 0.2) is 0 Å². The zero-order valence-electron chi connectivity index (χ0n) is 11.2. The van der Waals surface area contributed by atoms with E-state index in [-0.39, 0.29) is 18.4 Å². The van der Waals surface area contributed by atoms with Gasteiger partial charge in [0.2, 0.25) is 11.8 Å². The number of para-hydroxylation sites is 1. The largest absolute Gasteiger partial charge is 0.373 e. The SMILES string of the molecule is CC(C)(CC(N)=O)NC(=O)C1Cc2ccccc2N1. The lowest BCUT2D eigenvalue weighted by atomic mass is 9.99. The summed E-state index contributed by atoms with van der Waals surface area (Å²) in [6, 6.07) is 7.56. The van der Waals surface area contributed by atoms with Gasteiger partial charge in [-0.15, -0.1) is 0 Å². The van der Waals surface area contributed by atoms with Crippen molar-refractivity contribution < 1.29 is 9.59 Å². The summed E-state index contributed by atoms with van der Waals surface area (Å²) in [5.74, 6) is -0.532. The van der Waals surface area contributed by atoms with E-state index in [2.05, 4.69) is 10.6 Å². The van der Waals surface area contributed by atoms with Gasteiger partial charge in [0, 0.05) is 24.1 Å². The van der Waals surface area contributed by atoms with E-state index in [0.29, 0.717) is 6.42 Å². The Bertz CT molecular complexity index is 486. The van der Waals surface area contributed by atoms with Crippen LogP contribution in [-0.4, -0.2) is 23.4 Å². The van der Waals surface area contributed by atoms with Crippen molar-refractivity contribution in [1.29, 1.82) is 0 Å². The van der Waals surface area contributed by atoms with Gasteiger partial charge in [0.25, 0.3) is 0 Å². The molecule has 1 unspecified atom stereocenters. The maximum Gasteiger partial charge on any atom is 0.243 e. The molecule has 102 valence electrons. The Kier molecular flexibility index (Phi) is 3.46. The Morgan fingerprint density at radius 3 is 2.74 bits per heavy atom. The van der Waals surface area contributed by atoms with Crippen LogP contribution >= 0.6 is 0 Å². The first-order chi connectivity index (χ1) is 8.87. The number of rotatable bonds is 4. The number of nitrogens with one attached hydrogen (secondary N) is 2. The predicted octanol–water partition coefficient (Wildman–Crippen LogP) is 0.793. The van der Waals surface area contributed by atoms with Crippen LogP contribution in [0.15, 0.2) is 24.3 Å². The zero-order valence-corrected chi connectivity index (χ0v) is 11.2. The van der Waals surface area contributed by atoms with Crippen LogP contribution < -0.4 is 16.4 Å². The molecular formula is C14H19N3O2. The lowest BCUT2D eigenvalue weighted by Crippen LogP contribution is -2.51. The standard InChI is InChI=1S/C14H19N3O2/c1-14(2,8-12(15)18)17-13(19)11-7-9-5-3-4-6-10(9)16-11/h3-6,11,16H,7-8H2,1-2H3,(H2,15,18)(H,17,19). The molecule has 0 spiro atoms. The first kappa shape index (κ1) is 13.4. The van der Waals surface area contributed by atoms with Crippen LogP contribution in [0, 0.1) is 0 Å². The molecule has 4 N–H and O–H groups in total. The zero-order chi connectivity index (χ0) is 14.0. The van der Waals surface area contributed by atoms with E-state index in [4.69, 9.17) is 5.73 Å². The average Bonchev–Trinajstić information content (AvgIpc) is 2.69. The molecule has 2 amide bonds. The van der Waals surface area contributed by atoms with E-state index in [9.17, 15) is 9.59 Å². The fourth-order valence-corrected chi connectivity index (χ4v) is 2.36. The molecule has 1 aromatic rings. The van der Waals surface area contributed by atoms with E-state index < -0.39 is 11.4 Å². The number of primary amides is 1. The summed E-state index contributed by atoms with van der Waals surface area (Å²) in [7, 11) is 0. The Morgan fingerprint density at radius 2 is 2.11 bits per heavy atom. The number of hydrogen-bond acceptors (Lipinski definition) is 3. The second kappa shape index (κ2) is 4.91. The highest BCUT2D eigenvalue weighted by molar-refractivity contribution is 5.88. The van der Waals surface area contributed by atoms with Crippen molar-refractivity contribution in [2.75, 3.05) is 5.32 Å². The first-order valence-corrected chi connectivity index (χ1v) is 6.32. The topological polar surface area (TPSA) is 84.2 Å². The van der Waals surface area contributed by atoms with Gasteiger partial charge in [-0.25, -0.2) is 0 Å². The normalized spacial score (nSPS) is 17.5. The highest BCUT2D eigenvalue weighted by Gasteiger charge is 2.30. The third kappa shape index (κ3) is 3.24. The Morgan fingerprint density at radius 1 is 1.42 bits per heavy atom. The number of nitrogens with two attached hydrogens (primary N) is 1. The average molecular weight is 261 g/mol. The van der Waals surface area contributed by atoms with Crippen molar-refractivity contribution in [1.82, 2.24) is 5.32 Å². The number of hydrogen-bond donors (Lipinski definition) is 3. The van der Waals surface area contributed by atoms with Crippen molar-refractivity contribution in [3.8, 4) is 0 Å². The summed E-state index contributed by atoms with van der Waals surface area (Å²) in [6.07, 6.45) is 0.785. The number of fused-ring (bicyclic) bond motifs is 1. The Hall–Kier alpha value is -2.04. The molecule has 2 rings (SSSR count). The fourth-order valence-electron chi connectivity index (χ4n) is 2.36. The molecule has 1 heterocycles. The second-order valence-corrected chi connectivity index (χ2v) is 5.57. The third-order valence-electron chi connectivity index (χ3n) is 3.17. The van der Waals surface area contributed by atoms with Crippen LogP contribution in [0.4, 0.5) is 5.69 Å². The van der Waals surface area contributed by atoms with Gasteiger partial charge < -0.3 is 16.4 Å². The maximum absolute atomic E-state index is 12.2. The van der Waals surface area contributed by atoms with E-state index in [1.165, 1.54) is 0 Å². The minimum absolute atomic E-state index is 0.109. The van der Waals surface area contributed by atoms with Crippen LogP contribution in [0.2, 0.25) is 0 Å². The Labute approximate surface area is 112 Å². The molecule has 19 heavy (non-hydrogen) atoms. The monoisotopic (exact) mass is 261 g/mol. The van der Waals surface area contributed by atoms with Gasteiger partial charge in [-0.05, 0) is 25.5 Å². The molecular weight excluding hydrogens is 242 g/mol. The smallest absolute Gasteiger partial charge is 0.243 e. The molecule has 1 aliphatic heterocycles. The highest BCUT2D eigenvalue weighted by atomic mass is 16.2. The van der Waals surface area contributed by atoms with E-state index in [1.54, 1.807) is 13.8 Å². The van der Waals surface area contributed by atoms with E-state index in [1.807, 2.05) is 24.3 Å². The Balaban J connectivity index is 1.98. The van der Waals surface area contributed by atoms with E-state index >= 15 is 0 Å². The van der Waals surface area contributed by atoms with Gasteiger partial charge in [0.05, 0.1) is 0 Å². The minimum Gasteiger partial charge on any atom is -0.373 e. The molecule has 0 bridgehead atoms. The lowest BCUT2D eigenvalue weighted by Gasteiger charge is -2.26. The molecule has 0 saturated heterocycles. The molecule has 1 aromatic carbocycles. The van der Waals surface area contributed by atoms with Crippen molar-refractivity contribution in [2.24, 2.45) is 5.73 Å². The second-order valence-electron chi connectivity index (χ2n) is 5.57. The maximum atomic E-state index is 12.2. The number of carbonyl (C=O) groups excluding carboxylic acids is 2. The predicted molar refractivity (Wildman–Crippen MR) is 73.6 cm³/mol. The summed E-state index contributed by atoms with van der Waals surface area (Å²) in [5, 5.41) is 6.04. The summed E-state index contributed by atoms with van der Waals surface area (Å²) in [4.78, 5) is 23.1. The van der Waals surface area contributed by atoms with Crippen LogP contribution in [-0.2, 0) is 16.0 Å². The van der Waals surface area contributed by atoms with Crippen LogP contribution in [0.5, 0.6) is 0 Å². The van der Waals surface area contributed by atoms with E-state index in [0.717, 1.165) is 11.3 Å². The lowest BCUT2D eigenvalue weighted by molar-refractivity contribution is -0.124. The number of carbonyl (C=O) groups is 2. The molecule has 5 nitrogen and oxygen atoms in total. The van der Waals surface area contributed by atoms with Gasteiger partial charge in [0.1, 0.15) is 6.04 Å². The molecule has 0 fully saturated rings. The molecule has 0 radical (unpaired) electrons. The third-order valence-corrected chi connectivity index (χ3v) is 3.17. The van der Waals surface area contributed by atoms with Gasteiger partial charge in [-0.3, -0.25) is 9.59 Å². The molecule has 1 aliphatic rings. The van der Waals surface area contributed by atoms with Crippen LogP contribution in [0.3, 0.4) is 0 Å². The van der Waals surface area contributed by atoms with Crippen molar-refractivity contribution in [3.05, 3.63) is 29.8 Å². The van der Waals surface area contributed by atoms with Crippen molar-refractivity contribution >= 4 is 17.5 Å².